The third-order valence-electron chi connectivity index (χ3n) is 3.13. The molecule has 1 aliphatic rings. The number of halogens is 1. The molecule has 0 unspecified atom stereocenters. The van der Waals surface area contributed by atoms with E-state index in [-0.39, 0.29) is 0 Å². The molecule has 15 heavy (non-hydrogen) atoms. The lowest BCUT2D eigenvalue weighted by atomic mass is 9.86. The van der Waals surface area contributed by atoms with Gasteiger partial charge in [0.2, 0.25) is 0 Å². The van der Waals surface area contributed by atoms with E-state index in [0.717, 1.165) is 23.6 Å². The average molecular weight is 269 g/mol. The fourth-order valence-electron chi connectivity index (χ4n) is 1.89. The predicted octanol–water partition coefficient (Wildman–Crippen LogP) is 4.07. The van der Waals surface area contributed by atoms with Crippen molar-refractivity contribution in [3.63, 3.8) is 0 Å². The third kappa shape index (κ3) is 2.54. The first-order valence-electron chi connectivity index (χ1n) is 5.58. The Balaban J connectivity index is 2.04. The highest BCUT2D eigenvalue weighted by molar-refractivity contribution is 9.08. The number of para-hydroxylation sites is 1. The van der Waals surface area contributed by atoms with E-state index in [1.54, 1.807) is 0 Å². The van der Waals surface area contributed by atoms with Gasteiger partial charge < -0.3 is 4.74 Å². The molecule has 2 rings (SSSR count). The molecule has 0 N–H and O–H groups in total. The maximum Gasteiger partial charge on any atom is 0.126 e. The summed E-state index contributed by atoms with van der Waals surface area (Å²) in [7, 11) is 0. The number of hydrogen-bond acceptors (Lipinski definition) is 1. The van der Waals surface area contributed by atoms with Gasteiger partial charge in [-0.05, 0) is 31.2 Å². The van der Waals surface area contributed by atoms with Gasteiger partial charge in [0.05, 0.1) is 6.61 Å². The van der Waals surface area contributed by atoms with Crippen molar-refractivity contribution in [1.29, 1.82) is 0 Å². The van der Waals surface area contributed by atoms with E-state index in [1.807, 2.05) is 0 Å². The fourth-order valence-corrected chi connectivity index (χ4v) is 2.33. The van der Waals surface area contributed by atoms with Gasteiger partial charge in [0.25, 0.3) is 0 Å². The maximum atomic E-state index is 5.93. The molecule has 0 spiro atoms. The molecule has 1 fully saturated rings. The fraction of sp³-hybridized carbons (Fsp3) is 0.538. The van der Waals surface area contributed by atoms with Crippen molar-refractivity contribution in [2.24, 2.45) is 5.92 Å². The van der Waals surface area contributed by atoms with E-state index in [2.05, 4.69) is 41.1 Å². The molecule has 0 heterocycles. The average Bonchev–Trinajstić information content (AvgIpc) is 2.17. The van der Waals surface area contributed by atoms with E-state index in [4.69, 9.17) is 4.74 Å². The number of rotatable bonds is 4. The molecule has 1 saturated carbocycles. The van der Waals surface area contributed by atoms with Gasteiger partial charge in [0, 0.05) is 10.9 Å². The molecule has 2 heteroatoms. The number of ether oxygens (including phenoxy) is 1. The Morgan fingerprint density at radius 3 is 2.80 bits per heavy atom. The normalized spacial score (nSPS) is 16.1. The second-order valence-corrected chi connectivity index (χ2v) is 4.87. The molecule has 0 saturated heterocycles. The summed E-state index contributed by atoms with van der Waals surface area (Å²) in [5.41, 5.74) is 2.50. The lowest BCUT2D eigenvalue weighted by Gasteiger charge is -2.26. The second-order valence-electron chi connectivity index (χ2n) is 4.30. The van der Waals surface area contributed by atoms with Crippen molar-refractivity contribution in [1.82, 2.24) is 0 Å². The zero-order chi connectivity index (χ0) is 10.7. The molecule has 1 aromatic carbocycles. The van der Waals surface area contributed by atoms with E-state index >= 15 is 0 Å². The summed E-state index contributed by atoms with van der Waals surface area (Å²) in [4.78, 5) is 0. The van der Waals surface area contributed by atoms with E-state index in [1.165, 1.54) is 30.4 Å². The van der Waals surface area contributed by atoms with Gasteiger partial charge in [-0.15, -0.1) is 0 Å². The molecule has 0 bridgehead atoms. The molecule has 1 aromatic rings. The van der Waals surface area contributed by atoms with Crippen LogP contribution in [0.2, 0.25) is 0 Å². The smallest absolute Gasteiger partial charge is 0.126 e. The van der Waals surface area contributed by atoms with Crippen molar-refractivity contribution >= 4 is 15.9 Å². The summed E-state index contributed by atoms with van der Waals surface area (Å²) in [6.45, 7) is 3.01. The van der Waals surface area contributed by atoms with Crippen molar-refractivity contribution in [2.45, 2.75) is 31.5 Å². The Bertz CT molecular complexity index is 331. The monoisotopic (exact) mass is 268 g/mol. The van der Waals surface area contributed by atoms with Gasteiger partial charge in [-0.25, -0.2) is 0 Å². The van der Waals surface area contributed by atoms with Gasteiger partial charge in [-0.3, -0.25) is 0 Å². The minimum absolute atomic E-state index is 0.799. The molecule has 0 aliphatic heterocycles. The van der Waals surface area contributed by atoms with Crippen LogP contribution < -0.4 is 4.74 Å². The number of benzene rings is 1. The lowest BCUT2D eigenvalue weighted by molar-refractivity contribution is 0.179. The Morgan fingerprint density at radius 2 is 2.20 bits per heavy atom. The predicted molar refractivity (Wildman–Crippen MR) is 66.6 cm³/mol. The van der Waals surface area contributed by atoms with E-state index in [0.29, 0.717) is 0 Å². The second kappa shape index (κ2) is 5.02. The van der Waals surface area contributed by atoms with Crippen molar-refractivity contribution < 1.29 is 4.74 Å². The van der Waals surface area contributed by atoms with Crippen LogP contribution in [0.15, 0.2) is 18.2 Å². The first-order valence-corrected chi connectivity index (χ1v) is 6.70. The Labute approximate surface area is 100.0 Å². The Hall–Kier alpha value is -0.500. The molecule has 0 atom stereocenters. The van der Waals surface area contributed by atoms with Crippen molar-refractivity contribution in [2.75, 3.05) is 6.61 Å². The highest BCUT2D eigenvalue weighted by Crippen LogP contribution is 2.30. The summed E-state index contributed by atoms with van der Waals surface area (Å²) < 4.78 is 5.93. The van der Waals surface area contributed by atoms with Gasteiger partial charge in [-0.1, -0.05) is 40.5 Å². The molecular weight excluding hydrogens is 252 g/mol. The standard InChI is InChI=1S/C13H17BrO/c1-10-4-2-7-12(8-14)13(10)15-9-11-5-3-6-11/h2,4,7,11H,3,5-6,8-9H2,1H3. The van der Waals surface area contributed by atoms with Crippen LogP contribution in [0.5, 0.6) is 5.75 Å². The summed E-state index contributed by atoms with van der Waals surface area (Å²) in [6, 6.07) is 6.32. The van der Waals surface area contributed by atoms with Crippen LogP contribution in [0.1, 0.15) is 30.4 Å². The molecule has 0 radical (unpaired) electrons. The molecule has 0 amide bonds. The topological polar surface area (TPSA) is 9.23 Å². The summed E-state index contributed by atoms with van der Waals surface area (Å²) in [5.74, 6) is 1.88. The molecule has 82 valence electrons. The number of hydrogen-bond donors (Lipinski definition) is 0. The number of aryl methyl sites for hydroxylation is 1. The molecular formula is C13H17BrO. The maximum absolute atomic E-state index is 5.93. The van der Waals surface area contributed by atoms with Crippen LogP contribution in [-0.4, -0.2) is 6.61 Å². The van der Waals surface area contributed by atoms with Gasteiger partial charge in [-0.2, -0.15) is 0 Å². The Kier molecular flexibility index (Phi) is 3.68. The first kappa shape index (κ1) is 11.0. The number of alkyl halides is 1. The molecule has 1 aliphatic carbocycles. The third-order valence-corrected chi connectivity index (χ3v) is 3.73. The first-order chi connectivity index (χ1) is 7.31. The van der Waals surface area contributed by atoms with Gasteiger partial charge >= 0.3 is 0 Å². The van der Waals surface area contributed by atoms with Crippen LogP contribution in [0.3, 0.4) is 0 Å². The minimum Gasteiger partial charge on any atom is -0.493 e. The van der Waals surface area contributed by atoms with Gasteiger partial charge in [0.15, 0.2) is 0 Å². The lowest BCUT2D eigenvalue weighted by Crippen LogP contribution is -2.19. The van der Waals surface area contributed by atoms with Crippen LogP contribution in [0.4, 0.5) is 0 Å². The van der Waals surface area contributed by atoms with Gasteiger partial charge in [0.1, 0.15) is 5.75 Å². The zero-order valence-electron chi connectivity index (χ0n) is 9.13. The zero-order valence-corrected chi connectivity index (χ0v) is 10.7. The quantitative estimate of drug-likeness (QED) is 0.749. The van der Waals surface area contributed by atoms with Crippen LogP contribution >= 0.6 is 15.9 Å². The van der Waals surface area contributed by atoms with E-state index < -0.39 is 0 Å². The van der Waals surface area contributed by atoms with Crippen LogP contribution in [0.25, 0.3) is 0 Å². The minimum atomic E-state index is 0.799. The Morgan fingerprint density at radius 1 is 1.40 bits per heavy atom. The van der Waals surface area contributed by atoms with Crippen LogP contribution in [-0.2, 0) is 5.33 Å². The molecule has 1 nitrogen and oxygen atoms in total. The van der Waals surface area contributed by atoms with Crippen molar-refractivity contribution in [3.8, 4) is 5.75 Å². The molecule has 0 aromatic heterocycles. The summed E-state index contributed by atoms with van der Waals surface area (Å²) in [5, 5.41) is 0.870. The van der Waals surface area contributed by atoms with Crippen molar-refractivity contribution in [3.05, 3.63) is 29.3 Å². The van der Waals surface area contributed by atoms with Crippen LogP contribution in [0, 0.1) is 12.8 Å². The highest BCUT2D eigenvalue weighted by atomic mass is 79.9. The van der Waals surface area contributed by atoms with E-state index in [9.17, 15) is 0 Å². The summed E-state index contributed by atoms with van der Waals surface area (Å²) >= 11 is 3.50. The highest BCUT2D eigenvalue weighted by Gasteiger charge is 2.18. The largest absolute Gasteiger partial charge is 0.493 e. The SMILES string of the molecule is Cc1cccc(CBr)c1OCC1CCC1. The summed E-state index contributed by atoms with van der Waals surface area (Å²) in [6.07, 6.45) is 4.07.